The monoisotopic (exact) mass is 482 g/mol. The SMILES string of the molecule is CCc1ccc(OCCCC(=O)N2CCN(c3cnc4ccccc4n3)CC2)c(Br)c1. The van der Waals surface area contributed by atoms with Gasteiger partial charge in [-0.2, -0.15) is 0 Å². The molecule has 1 aliphatic heterocycles. The lowest BCUT2D eigenvalue weighted by molar-refractivity contribution is -0.131. The highest BCUT2D eigenvalue weighted by molar-refractivity contribution is 9.10. The molecule has 6 nitrogen and oxygen atoms in total. The molecular formula is C24H27BrN4O2. The third kappa shape index (κ3) is 5.34. The summed E-state index contributed by atoms with van der Waals surface area (Å²) in [6.07, 6.45) is 4.02. The molecule has 1 saturated heterocycles. The fourth-order valence-corrected chi connectivity index (χ4v) is 4.27. The van der Waals surface area contributed by atoms with E-state index in [1.54, 1.807) is 0 Å². The van der Waals surface area contributed by atoms with Crippen molar-refractivity contribution in [1.82, 2.24) is 14.9 Å². The molecule has 162 valence electrons. The Morgan fingerprint density at radius 3 is 2.61 bits per heavy atom. The number of hydrogen-bond acceptors (Lipinski definition) is 5. The number of halogens is 1. The number of aromatic nitrogens is 2. The van der Waals surface area contributed by atoms with Gasteiger partial charge in [-0.05, 0) is 58.6 Å². The molecule has 7 heteroatoms. The molecule has 0 N–H and O–H groups in total. The number of aryl methyl sites for hydroxylation is 1. The van der Waals surface area contributed by atoms with E-state index in [4.69, 9.17) is 9.72 Å². The van der Waals surface area contributed by atoms with Crippen molar-refractivity contribution in [1.29, 1.82) is 0 Å². The Balaban J connectivity index is 1.22. The predicted octanol–water partition coefficient (Wildman–Crippen LogP) is 4.46. The fourth-order valence-electron chi connectivity index (χ4n) is 3.73. The van der Waals surface area contributed by atoms with E-state index < -0.39 is 0 Å². The standard InChI is InChI=1S/C24H27BrN4O2/c1-2-18-9-10-22(19(25)16-18)31-15-5-8-24(30)29-13-11-28(12-14-29)23-17-26-20-6-3-4-7-21(20)27-23/h3-4,6-7,9-10,16-17H,2,5,8,11-15H2,1H3. The summed E-state index contributed by atoms with van der Waals surface area (Å²) >= 11 is 3.56. The highest BCUT2D eigenvalue weighted by Crippen LogP contribution is 2.26. The van der Waals surface area contributed by atoms with Crippen LogP contribution in [0.4, 0.5) is 5.82 Å². The number of para-hydroxylation sites is 2. The summed E-state index contributed by atoms with van der Waals surface area (Å²) in [5.74, 6) is 1.89. The number of amides is 1. The Morgan fingerprint density at radius 1 is 1.10 bits per heavy atom. The summed E-state index contributed by atoms with van der Waals surface area (Å²) in [4.78, 5) is 25.9. The molecule has 0 unspecified atom stereocenters. The Labute approximate surface area is 191 Å². The van der Waals surface area contributed by atoms with Crippen molar-refractivity contribution in [3.8, 4) is 5.75 Å². The molecule has 1 amide bonds. The van der Waals surface area contributed by atoms with Gasteiger partial charge in [0.25, 0.3) is 0 Å². The van der Waals surface area contributed by atoms with Gasteiger partial charge < -0.3 is 14.5 Å². The number of carbonyl (C=O) groups is 1. The van der Waals surface area contributed by atoms with E-state index in [1.165, 1.54) is 5.56 Å². The van der Waals surface area contributed by atoms with Crippen LogP contribution in [0, 0.1) is 0 Å². The van der Waals surface area contributed by atoms with Crippen LogP contribution in [-0.4, -0.2) is 53.6 Å². The molecule has 2 aromatic carbocycles. The molecule has 0 aliphatic carbocycles. The van der Waals surface area contributed by atoms with Crippen LogP contribution in [0.5, 0.6) is 5.75 Å². The van der Waals surface area contributed by atoms with Crippen LogP contribution >= 0.6 is 15.9 Å². The molecule has 1 aliphatic rings. The number of anilines is 1. The number of ether oxygens (including phenoxy) is 1. The summed E-state index contributed by atoms with van der Waals surface area (Å²) in [6, 6.07) is 14.0. The maximum Gasteiger partial charge on any atom is 0.222 e. The van der Waals surface area contributed by atoms with Crippen molar-refractivity contribution in [2.24, 2.45) is 0 Å². The molecule has 31 heavy (non-hydrogen) atoms. The smallest absolute Gasteiger partial charge is 0.222 e. The van der Waals surface area contributed by atoms with Crippen LogP contribution in [-0.2, 0) is 11.2 Å². The lowest BCUT2D eigenvalue weighted by Crippen LogP contribution is -2.49. The zero-order valence-corrected chi connectivity index (χ0v) is 19.3. The van der Waals surface area contributed by atoms with Gasteiger partial charge in [-0.15, -0.1) is 0 Å². The Morgan fingerprint density at radius 2 is 1.87 bits per heavy atom. The number of nitrogens with zero attached hydrogens (tertiary/aromatic N) is 4. The minimum atomic E-state index is 0.188. The summed E-state index contributed by atoms with van der Waals surface area (Å²) in [5, 5.41) is 0. The van der Waals surface area contributed by atoms with Crippen molar-refractivity contribution < 1.29 is 9.53 Å². The van der Waals surface area contributed by atoms with Gasteiger partial charge in [0.15, 0.2) is 0 Å². The molecule has 3 aromatic rings. The minimum Gasteiger partial charge on any atom is -0.492 e. The van der Waals surface area contributed by atoms with E-state index in [0.29, 0.717) is 32.5 Å². The maximum absolute atomic E-state index is 12.6. The van der Waals surface area contributed by atoms with E-state index in [9.17, 15) is 4.79 Å². The van der Waals surface area contributed by atoms with Crippen LogP contribution in [0.3, 0.4) is 0 Å². The summed E-state index contributed by atoms with van der Waals surface area (Å²) < 4.78 is 6.81. The van der Waals surface area contributed by atoms with E-state index in [-0.39, 0.29) is 5.91 Å². The largest absolute Gasteiger partial charge is 0.492 e. The average molecular weight is 483 g/mol. The second-order valence-electron chi connectivity index (χ2n) is 7.66. The lowest BCUT2D eigenvalue weighted by atomic mass is 10.2. The summed E-state index contributed by atoms with van der Waals surface area (Å²) in [5.41, 5.74) is 3.06. The first-order chi connectivity index (χ1) is 15.1. The van der Waals surface area contributed by atoms with Crippen LogP contribution in [0.1, 0.15) is 25.3 Å². The maximum atomic E-state index is 12.6. The van der Waals surface area contributed by atoms with Gasteiger partial charge in [-0.25, -0.2) is 4.98 Å². The van der Waals surface area contributed by atoms with Crippen LogP contribution in [0.15, 0.2) is 53.1 Å². The predicted molar refractivity (Wildman–Crippen MR) is 127 cm³/mol. The van der Waals surface area contributed by atoms with Crippen LogP contribution in [0.2, 0.25) is 0 Å². The number of benzene rings is 2. The zero-order chi connectivity index (χ0) is 21.6. The van der Waals surface area contributed by atoms with Crippen molar-refractivity contribution in [2.45, 2.75) is 26.2 Å². The van der Waals surface area contributed by atoms with Crippen LogP contribution < -0.4 is 9.64 Å². The number of fused-ring (bicyclic) bond motifs is 1. The van der Waals surface area contributed by atoms with E-state index in [0.717, 1.165) is 46.6 Å². The van der Waals surface area contributed by atoms with Gasteiger partial charge in [0.1, 0.15) is 11.6 Å². The van der Waals surface area contributed by atoms with Crippen LogP contribution in [0.25, 0.3) is 11.0 Å². The van der Waals surface area contributed by atoms with Gasteiger partial charge in [-0.3, -0.25) is 9.78 Å². The normalized spacial score (nSPS) is 14.1. The second-order valence-corrected chi connectivity index (χ2v) is 8.51. The van der Waals surface area contributed by atoms with E-state index in [1.807, 2.05) is 41.4 Å². The topological polar surface area (TPSA) is 58.6 Å². The van der Waals surface area contributed by atoms with Crippen molar-refractivity contribution in [3.05, 3.63) is 58.7 Å². The number of hydrogen-bond donors (Lipinski definition) is 0. The fraction of sp³-hybridized carbons (Fsp3) is 0.375. The molecule has 0 radical (unpaired) electrons. The van der Waals surface area contributed by atoms with Gasteiger partial charge in [0.2, 0.25) is 5.91 Å². The highest BCUT2D eigenvalue weighted by atomic mass is 79.9. The van der Waals surface area contributed by atoms with Crippen molar-refractivity contribution >= 4 is 38.7 Å². The molecule has 2 heterocycles. The zero-order valence-electron chi connectivity index (χ0n) is 17.8. The van der Waals surface area contributed by atoms with Gasteiger partial charge >= 0.3 is 0 Å². The Kier molecular flexibility index (Phi) is 7.02. The lowest BCUT2D eigenvalue weighted by Gasteiger charge is -2.35. The Hall–Kier alpha value is -2.67. The van der Waals surface area contributed by atoms with E-state index in [2.05, 4.69) is 44.9 Å². The summed E-state index contributed by atoms with van der Waals surface area (Å²) in [7, 11) is 0. The van der Waals surface area contributed by atoms with Gasteiger partial charge in [0, 0.05) is 32.6 Å². The second kappa shape index (κ2) is 10.1. The molecule has 1 aromatic heterocycles. The molecule has 4 rings (SSSR count). The van der Waals surface area contributed by atoms with Gasteiger partial charge in [-0.1, -0.05) is 25.1 Å². The molecule has 0 bridgehead atoms. The first-order valence-corrected chi connectivity index (χ1v) is 11.6. The highest BCUT2D eigenvalue weighted by Gasteiger charge is 2.22. The third-order valence-corrected chi connectivity index (χ3v) is 6.21. The molecular weight excluding hydrogens is 456 g/mol. The quantitative estimate of drug-likeness (QED) is 0.465. The molecule has 0 spiro atoms. The number of rotatable bonds is 7. The first-order valence-electron chi connectivity index (χ1n) is 10.8. The molecule has 0 saturated carbocycles. The first kappa shape index (κ1) is 21.6. The van der Waals surface area contributed by atoms with Crippen molar-refractivity contribution in [3.63, 3.8) is 0 Å². The molecule has 0 atom stereocenters. The molecule has 1 fully saturated rings. The third-order valence-electron chi connectivity index (χ3n) is 5.59. The van der Waals surface area contributed by atoms with E-state index >= 15 is 0 Å². The number of carbonyl (C=O) groups excluding carboxylic acids is 1. The average Bonchev–Trinajstić information content (AvgIpc) is 2.82. The summed E-state index contributed by atoms with van der Waals surface area (Å²) in [6.45, 7) is 5.61. The minimum absolute atomic E-state index is 0.188. The number of piperazine rings is 1. The Bertz CT molecular complexity index is 1050. The van der Waals surface area contributed by atoms with Gasteiger partial charge in [0.05, 0.1) is 28.3 Å². The van der Waals surface area contributed by atoms with Crippen molar-refractivity contribution in [2.75, 3.05) is 37.7 Å².